The van der Waals surface area contributed by atoms with Crippen LogP contribution in [0.5, 0.6) is 0 Å². The van der Waals surface area contributed by atoms with Gasteiger partial charge in [0.05, 0.1) is 0 Å². The normalized spacial score (nSPS) is 12.6. The molecule has 1 heterocycles. The molecule has 0 amide bonds. The maximum atomic E-state index is 3.43. The lowest BCUT2D eigenvalue weighted by Crippen LogP contribution is -2.28. The van der Waals surface area contributed by atoms with Crippen molar-refractivity contribution >= 4 is 11.3 Å². The van der Waals surface area contributed by atoms with E-state index in [1.165, 1.54) is 28.8 Å². The highest BCUT2D eigenvalue weighted by Gasteiger charge is 2.07. The fraction of sp³-hybridized carbons (Fsp3) is 0.375. The van der Waals surface area contributed by atoms with Crippen LogP contribution in [0.3, 0.4) is 0 Å². The number of aryl methyl sites for hydroxylation is 2. The molecule has 0 saturated heterocycles. The molecule has 0 saturated carbocycles. The first-order valence-corrected chi connectivity index (χ1v) is 7.41. The van der Waals surface area contributed by atoms with E-state index in [0.29, 0.717) is 6.04 Å². The van der Waals surface area contributed by atoms with E-state index in [2.05, 4.69) is 61.1 Å². The summed E-state index contributed by atoms with van der Waals surface area (Å²) in [6.07, 6.45) is 3.49. The highest BCUT2D eigenvalue weighted by Crippen LogP contribution is 2.14. The molecule has 1 unspecified atom stereocenters. The molecule has 2 rings (SSSR count). The van der Waals surface area contributed by atoms with Crippen molar-refractivity contribution in [2.45, 2.75) is 32.2 Å². The zero-order valence-corrected chi connectivity index (χ0v) is 12.0. The van der Waals surface area contributed by atoms with Gasteiger partial charge in [-0.1, -0.05) is 35.9 Å². The number of rotatable bonds is 6. The van der Waals surface area contributed by atoms with Crippen molar-refractivity contribution in [3.05, 3.63) is 57.8 Å². The van der Waals surface area contributed by atoms with E-state index >= 15 is 0 Å². The second-order valence-corrected chi connectivity index (χ2v) is 5.83. The molecule has 1 nitrogen and oxygen atoms in total. The van der Waals surface area contributed by atoms with E-state index in [4.69, 9.17) is 0 Å². The minimum atomic E-state index is 0.565. The summed E-state index contributed by atoms with van der Waals surface area (Å²) in [5.41, 5.74) is 2.75. The summed E-state index contributed by atoms with van der Waals surface area (Å²) < 4.78 is 0. The third-order valence-corrected chi connectivity index (χ3v) is 4.27. The highest BCUT2D eigenvalue weighted by atomic mass is 32.1. The van der Waals surface area contributed by atoms with Gasteiger partial charge in [-0.15, -0.1) is 11.3 Å². The number of likely N-dealkylation sites (N-methyl/N-ethyl adjacent to an activating group) is 1. The van der Waals surface area contributed by atoms with Crippen LogP contribution in [0.15, 0.2) is 41.8 Å². The molecule has 96 valence electrons. The van der Waals surface area contributed by atoms with Crippen molar-refractivity contribution in [2.75, 3.05) is 7.05 Å². The summed E-state index contributed by atoms with van der Waals surface area (Å²) in [7, 11) is 2.06. The van der Waals surface area contributed by atoms with Gasteiger partial charge < -0.3 is 5.32 Å². The first kappa shape index (κ1) is 13.3. The average Bonchev–Trinajstić information content (AvgIpc) is 2.90. The number of hydrogen-bond acceptors (Lipinski definition) is 2. The Bertz CT molecular complexity index is 444. The van der Waals surface area contributed by atoms with Gasteiger partial charge in [0.25, 0.3) is 0 Å². The highest BCUT2D eigenvalue weighted by molar-refractivity contribution is 7.09. The van der Waals surface area contributed by atoms with Gasteiger partial charge >= 0.3 is 0 Å². The minimum Gasteiger partial charge on any atom is -0.317 e. The minimum absolute atomic E-state index is 0.565. The molecule has 0 radical (unpaired) electrons. The Balaban J connectivity index is 1.87. The average molecular weight is 259 g/mol. The monoisotopic (exact) mass is 259 g/mol. The van der Waals surface area contributed by atoms with Gasteiger partial charge in [0.2, 0.25) is 0 Å². The molecular weight excluding hydrogens is 238 g/mol. The third kappa shape index (κ3) is 3.97. The van der Waals surface area contributed by atoms with Gasteiger partial charge in [0.1, 0.15) is 0 Å². The molecular formula is C16H21NS. The van der Waals surface area contributed by atoms with Gasteiger partial charge in [-0.2, -0.15) is 0 Å². The van der Waals surface area contributed by atoms with Crippen LogP contribution in [-0.2, 0) is 12.8 Å². The Kier molecular flexibility index (Phi) is 4.97. The first-order valence-electron chi connectivity index (χ1n) is 6.53. The summed E-state index contributed by atoms with van der Waals surface area (Å²) in [6, 6.07) is 13.8. The van der Waals surface area contributed by atoms with Crippen molar-refractivity contribution < 1.29 is 0 Å². The van der Waals surface area contributed by atoms with E-state index in [1.807, 2.05) is 11.3 Å². The Labute approximate surface area is 114 Å². The molecule has 1 aromatic carbocycles. The molecule has 0 fully saturated rings. The topological polar surface area (TPSA) is 12.0 Å². The Morgan fingerprint density at radius 3 is 2.56 bits per heavy atom. The van der Waals surface area contributed by atoms with Crippen molar-refractivity contribution in [1.82, 2.24) is 5.32 Å². The quantitative estimate of drug-likeness (QED) is 0.831. The van der Waals surface area contributed by atoms with Crippen LogP contribution in [0.2, 0.25) is 0 Å². The van der Waals surface area contributed by atoms with E-state index in [0.717, 1.165) is 6.42 Å². The largest absolute Gasteiger partial charge is 0.317 e. The first-order chi connectivity index (χ1) is 8.78. The standard InChI is InChI=1S/C16H21NS/c1-13-5-7-14(8-6-13)12-15(17-2)9-10-16-4-3-11-18-16/h3-8,11,15,17H,9-10,12H2,1-2H3. The zero-order valence-electron chi connectivity index (χ0n) is 11.1. The molecule has 0 aliphatic rings. The van der Waals surface area contributed by atoms with Crippen LogP contribution in [0.25, 0.3) is 0 Å². The number of nitrogens with one attached hydrogen (secondary N) is 1. The van der Waals surface area contributed by atoms with Crippen molar-refractivity contribution in [3.63, 3.8) is 0 Å². The van der Waals surface area contributed by atoms with E-state index in [1.54, 1.807) is 0 Å². The smallest absolute Gasteiger partial charge is 0.0108 e. The SMILES string of the molecule is CNC(CCc1cccs1)Cc1ccc(C)cc1. The second-order valence-electron chi connectivity index (χ2n) is 4.79. The molecule has 18 heavy (non-hydrogen) atoms. The number of thiophene rings is 1. The van der Waals surface area contributed by atoms with Crippen molar-refractivity contribution in [2.24, 2.45) is 0 Å². The lowest BCUT2D eigenvalue weighted by molar-refractivity contribution is 0.522. The van der Waals surface area contributed by atoms with Gasteiger partial charge in [-0.25, -0.2) is 0 Å². The lowest BCUT2D eigenvalue weighted by atomic mass is 10.0. The van der Waals surface area contributed by atoms with Gasteiger partial charge in [-0.3, -0.25) is 0 Å². The molecule has 1 atom stereocenters. The molecule has 0 aliphatic carbocycles. The van der Waals surface area contributed by atoms with E-state index in [9.17, 15) is 0 Å². The van der Waals surface area contributed by atoms with Gasteiger partial charge in [-0.05, 0) is 50.2 Å². The third-order valence-electron chi connectivity index (χ3n) is 3.33. The fourth-order valence-electron chi connectivity index (χ4n) is 2.13. The van der Waals surface area contributed by atoms with Gasteiger partial charge in [0.15, 0.2) is 0 Å². The summed E-state index contributed by atoms with van der Waals surface area (Å²) in [4.78, 5) is 1.49. The van der Waals surface area contributed by atoms with Crippen LogP contribution in [0.1, 0.15) is 22.4 Å². The number of benzene rings is 1. The Hall–Kier alpha value is -1.12. The fourth-order valence-corrected chi connectivity index (χ4v) is 2.85. The molecule has 0 spiro atoms. The van der Waals surface area contributed by atoms with E-state index in [-0.39, 0.29) is 0 Å². The van der Waals surface area contributed by atoms with E-state index < -0.39 is 0 Å². The Morgan fingerprint density at radius 2 is 1.94 bits per heavy atom. The maximum Gasteiger partial charge on any atom is 0.0108 e. The summed E-state index contributed by atoms with van der Waals surface area (Å²) >= 11 is 1.86. The Morgan fingerprint density at radius 1 is 1.17 bits per heavy atom. The summed E-state index contributed by atoms with van der Waals surface area (Å²) in [5, 5.41) is 5.59. The van der Waals surface area contributed by atoms with Crippen LogP contribution < -0.4 is 5.32 Å². The molecule has 2 aromatic rings. The molecule has 2 heteroatoms. The van der Waals surface area contributed by atoms with Crippen molar-refractivity contribution in [3.8, 4) is 0 Å². The molecule has 0 bridgehead atoms. The van der Waals surface area contributed by atoms with Crippen LogP contribution in [0, 0.1) is 6.92 Å². The van der Waals surface area contributed by atoms with Crippen molar-refractivity contribution in [1.29, 1.82) is 0 Å². The predicted octanol–water partition coefficient (Wildman–Crippen LogP) is 3.82. The van der Waals surface area contributed by atoms with Crippen LogP contribution in [0.4, 0.5) is 0 Å². The zero-order chi connectivity index (χ0) is 12.8. The number of hydrogen-bond donors (Lipinski definition) is 1. The molecule has 1 aromatic heterocycles. The lowest BCUT2D eigenvalue weighted by Gasteiger charge is -2.16. The molecule has 0 aliphatic heterocycles. The predicted molar refractivity (Wildman–Crippen MR) is 80.4 cm³/mol. The second kappa shape index (κ2) is 6.72. The summed E-state index contributed by atoms with van der Waals surface area (Å²) in [6.45, 7) is 2.14. The molecule has 1 N–H and O–H groups in total. The van der Waals surface area contributed by atoms with Crippen LogP contribution in [-0.4, -0.2) is 13.1 Å². The summed E-state index contributed by atoms with van der Waals surface area (Å²) in [5.74, 6) is 0. The van der Waals surface area contributed by atoms with Crippen LogP contribution >= 0.6 is 11.3 Å². The van der Waals surface area contributed by atoms with Gasteiger partial charge in [0, 0.05) is 10.9 Å². The maximum absolute atomic E-state index is 3.43.